The van der Waals surface area contributed by atoms with Crippen molar-refractivity contribution in [1.29, 1.82) is 0 Å². The number of ether oxygens (including phenoxy) is 2. The molecule has 0 amide bonds. The van der Waals surface area contributed by atoms with E-state index in [9.17, 15) is 24.8 Å². The number of carboxylic acids is 1. The number of nitrogens with zero attached hydrogens (tertiary/aromatic N) is 2. The van der Waals surface area contributed by atoms with Gasteiger partial charge in [-0.2, -0.15) is 0 Å². The van der Waals surface area contributed by atoms with E-state index in [1.807, 2.05) is 0 Å². The van der Waals surface area contributed by atoms with Gasteiger partial charge in [0.15, 0.2) is 0 Å². The lowest BCUT2D eigenvalue weighted by atomic mass is 9.79. The van der Waals surface area contributed by atoms with Crippen LogP contribution in [0.2, 0.25) is 0 Å². The van der Waals surface area contributed by atoms with E-state index >= 15 is 0 Å². The lowest BCUT2D eigenvalue weighted by molar-refractivity contribution is -0.384. The zero-order valence-electron chi connectivity index (χ0n) is 21.9. The van der Waals surface area contributed by atoms with Crippen molar-refractivity contribution < 1.29 is 29.1 Å². The van der Waals surface area contributed by atoms with Crippen LogP contribution in [-0.2, 0) is 19.1 Å². The largest absolute Gasteiger partial charge is 0.478 e. The second-order valence-electron chi connectivity index (χ2n) is 9.22. The first-order chi connectivity index (χ1) is 17.1. The molecule has 1 aliphatic heterocycles. The van der Waals surface area contributed by atoms with Crippen molar-refractivity contribution in [3.63, 3.8) is 0 Å². The van der Waals surface area contributed by atoms with Gasteiger partial charge in [-0.15, -0.1) is 0 Å². The van der Waals surface area contributed by atoms with E-state index in [1.165, 1.54) is 37.5 Å². The summed E-state index contributed by atoms with van der Waals surface area (Å²) in [4.78, 5) is 38.4. The number of hydrogen-bond donors (Lipinski definition) is 1. The number of carbonyl (C=O) groups excluding carboxylic acids is 1. The van der Waals surface area contributed by atoms with Crippen LogP contribution in [0.5, 0.6) is 0 Å². The first-order valence-electron chi connectivity index (χ1n) is 12.6. The van der Waals surface area contributed by atoms with Crippen molar-refractivity contribution in [2.75, 3.05) is 19.8 Å². The Bertz CT molecular complexity index is 1010. The topological polar surface area (TPSA) is 119 Å². The average molecular weight is 503 g/mol. The van der Waals surface area contributed by atoms with Crippen molar-refractivity contribution in [2.45, 2.75) is 78.7 Å². The molecular formula is C27H38N2O7. The first-order valence-corrected chi connectivity index (χ1v) is 12.6. The molecular weight excluding hydrogens is 464 g/mol. The van der Waals surface area contributed by atoms with Crippen LogP contribution in [0, 0.1) is 10.1 Å². The lowest BCUT2D eigenvalue weighted by Gasteiger charge is -2.37. The Morgan fingerprint density at radius 3 is 2.36 bits per heavy atom. The number of nitro benzene ring substituents is 1. The highest BCUT2D eigenvalue weighted by molar-refractivity contribution is 5.99. The van der Waals surface area contributed by atoms with Crippen LogP contribution in [0.3, 0.4) is 0 Å². The van der Waals surface area contributed by atoms with Crippen molar-refractivity contribution in [3.8, 4) is 0 Å². The molecule has 0 saturated heterocycles. The number of aliphatic carboxylic acids is 1. The molecule has 1 N–H and O–H groups in total. The number of allylic oxidation sites excluding steroid dienone is 2. The Morgan fingerprint density at radius 1 is 1.08 bits per heavy atom. The van der Waals surface area contributed by atoms with E-state index in [1.54, 1.807) is 38.7 Å². The van der Waals surface area contributed by atoms with Crippen LogP contribution in [-0.4, -0.2) is 52.7 Å². The summed E-state index contributed by atoms with van der Waals surface area (Å²) >= 11 is 0. The van der Waals surface area contributed by atoms with Crippen molar-refractivity contribution >= 4 is 17.6 Å². The number of benzene rings is 1. The SMILES string of the molecule is CCCCCCCOCCN1C(C)=C(C(=O)O)C(c2cccc([N+](=O)[O-])c2)C(C(=O)OC(C)C)=C1C. The highest BCUT2D eigenvalue weighted by Gasteiger charge is 2.40. The molecule has 0 spiro atoms. The summed E-state index contributed by atoms with van der Waals surface area (Å²) in [6.45, 7) is 10.4. The van der Waals surface area contributed by atoms with Gasteiger partial charge < -0.3 is 19.5 Å². The monoisotopic (exact) mass is 502 g/mol. The van der Waals surface area contributed by atoms with Gasteiger partial charge in [-0.05, 0) is 39.7 Å². The smallest absolute Gasteiger partial charge is 0.337 e. The molecule has 1 aromatic carbocycles. The molecule has 36 heavy (non-hydrogen) atoms. The molecule has 1 atom stereocenters. The lowest BCUT2D eigenvalue weighted by Crippen LogP contribution is -2.37. The third-order valence-electron chi connectivity index (χ3n) is 6.23. The molecule has 0 saturated carbocycles. The van der Waals surface area contributed by atoms with Crippen LogP contribution < -0.4 is 0 Å². The summed E-state index contributed by atoms with van der Waals surface area (Å²) in [6, 6.07) is 5.73. The minimum atomic E-state index is -1.20. The third kappa shape index (κ3) is 7.40. The van der Waals surface area contributed by atoms with Gasteiger partial charge in [0.25, 0.3) is 5.69 Å². The molecule has 1 heterocycles. The molecule has 0 radical (unpaired) electrons. The Morgan fingerprint density at radius 2 is 1.75 bits per heavy atom. The summed E-state index contributed by atoms with van der Waals surface area (Å²) in [5, 5.41) is 21.6. The van der Waals surface area contributed by atoms with Crippen LogP contribution in [0.15, 0.2) is 46.8 Å². The van der Waals surface area contributed by atoms with Gasteiger partial charge in [-0.1, -0.05) is 44.7 Å². The van der Waals surface area contributed by atoms with Gasteiger partial charge in [0.1, 0.15) is 0 Å². The average Bonchev–Trinajstić information content (AvgIpc) is 2.81. The van der Waals surface area contributed by atoms with Gasteiger partial charge in [0, 0.05) is 36.7 Å². The summed E-state index contributed by atoms with van der Waals surface area (Å²) in [5.74, 6) is -2.86. The first kappa shape index (κ1) is 29.0. The maximum absolute atomic E-state index is 13.3. The number of carboxylic acid groups (broad SMARTS) is 1. The Kier molecular flexibility index (Phi) is 11.1. The number of carbonyl (C=O) groups is 2. The van der Waals surface area contributed by atoms with Crippen molar-refractivity contribution in [3.05, 3.63) is 62.5 Å². The van der Waals surface area contributed by atoms with Crippen molar-refractivity contribution in [1.82, 2.24) is 4.90 Å². The molecule has 0 aliphatic carbocycles. The fourth-order valence-electron chi connectivity index (χ4n) is 4.48. The summed E-state index contributed by atoms with van der Waals surface area (Å²) in [7, 11) is 0. The highest BCUT2D eigenvalue weighted by atomic mass is 16.6. The van der Waals surface area contributed by atoms with Crippen LogP contribution >= 0.6 is 0 Å². The molecule has 9 heteroatoms. The standard InChI is InChI=1S/C27H38N2O7/c1-6-7-8-9-10-15-35-16-14-28-19(4)23(26(30)31)25(21-12-11-13-22(17-21)29(33)34)24(20(28)5)27(32)36-18(2)3/h11-13,17-18,25H,6-10,14-16H2,1-5H3,(H,30,31). The maximum Gasteiger partial charge on any atom is 0.337 e. The second kappa shape index (κ2) is 13.8. The van der Waals surface area contributed by atoms with E-state index in [0.29, 0.717) is 36.7 Å². The van der Waals surface area contributed by atoms with Gasteiger partial charge in [-0.25, -0.2) is 9.59 Å². The Labute approximate surface area is 212 Å². The highest BCUT2D eigenvalue weighted by Crippen LogP contribution is 2.43. The maximum atomic E-state index is 13.3. The minimum absolute atomic E-state index is 0.0173. The van der Waals surface area contributed by atoms with E-state index in [-0.39, 0.29) is 16.8 Å². The second-order valence-corrected chi connectivity index (χ2v) is 9.22. The molecule has 2 rings (SSSR count). The van der Waals surface area contributed by atoms with Crippen LogP contribution in [0.4, 0.5) is 5.69 Å². The molecule has 0 fully saturated rings. The minimum Gasteiger partial charge on any atom is -0.478 e. The predicted octanol–water partition coefficient (Wildman–Crippen LogP) is 5.57. The summed E-state index contributed by atoms with van der Waals surface area (Å²) in [5.41, 5.74) is 1.32. The summed E-state index contributed by atoms with van der Waals surface area (Å²) < 4.78 is 11.3. The molecule has 0 aromatic heterocycles. The van der Waals surface area contributed by atoms with Gasteiger partial charge in [0.05, 0.1) is 34.7 Å². The Hall–Kier alpha value is -3.20. The fourth-order valence-corrected chi connectivity index (χ4v) is 4.48. The van der Waals surface area contributed by atoms with Gasteiger partial charge in [-0.3, -0.25) is 10.1 Å². The zero-order valence-corrected chi connectivity index (χ0v) is 21.9. The third-order valence-corrected chi connectivity index (χ3v) is 6.23. The quantitative estimate of drug-likeness (QED) is 0.152. The fraction of sp³-hybridized carbons (Fsp3) is 0.556. The zero-order chi connectivity index (χ0) is 26.8. The molecule has 0 bridgehead atoms. The number of esters is 1. The molecule has 198 valence electrons. The number of rotatable bonds is 14. The van der Waals surface area contributed by atoms with Crippen LogP contribution in [0.1, 0.15) is 78.2 Å². The molecule has 1 unspecified atom stereocenters. The number of hydrogen-bond acceptors (Lipinski definition) is 7. The number of unbranched alkanes of at least 4 members (excludes halogenated alkanes) is 4. The number of non-ortho nitro benzene ring substituents is 1. The Balaban J connectivity index is 2.41. The predicted molar refractivity (Wildman–Crippen MR) is 136 cm³/mol. The van der Waals surface area contributed by atoms with Crippen LogP contribution in [0.25, 0.3) is 0 Å². The summed E-state index contributed by atoms with van der Waals surface area (Å²) in [6.07, 6.45) is 5.21. The van der Waals surface area contributed by atoms with Gasteiger partial charge >= 0.3 is 11.9 Å². The molecule has 1 aromatic rings. The molecule has 9 nitrogen and oxygen atoms in total. The van der Waals surface area contributed by atoms with E-state index in [4.69, 9.17) is 9.47 Å². The van der Waals surface area contributed by atoms with E-state index in [2.05, 4.69) is 6.92 Å². The van der Waals surface area contributed by atoms with E-state index < -0.39 is 28.9 Å². The van der Waals surface area contributed by atoms with E-state index in [0.717, 1.165) is 12.8 Å². The normalized spacial score (nSPS) is 16.1. The van der Waals surface area contributed by atoms with Crippen molar-refractivity contribution in [2.24, 2.45) is 0 Å². The number of nitro groups is 1. The van der Waals surface area contributed by atoms with Gasteiger partial charge in [0.2, 0.25) is 0 Å². The molecule has 1 aliphatic rings.